The van der Waals surface area contributed by atoms with Gasteiger partial charge in [0.15, 0.2) is 5.78 Å². The Morgan fingerprint density at radius 2 is 2.14 bits per heavy atom. The summed E-state index contributed by atoms with van der Waals surface area (Å²) in [5.41, 5.74) is 6.73. The largest absolute Gasteiger partial charge is 0.486 e. The quantitative estimate of drug-likeness (QED) is 0.848. The standard InChI is InChI=1S/C17H24N2O3/c1-11(2)17-10-19(12(3)20)14-9-13(6-7-16(14)22-17)15(21)5-4-8-18/h6-7,9,11,17H,4-5,8,10,18H2,1-3H3. The molecule has 1 amide bonds. The van der Waals surface area contributed by atoms with Crippen LogP contribution in [0.5, 0.6) is 5.75 Å². The monoisotopic (exact) mass is 304 g/mol. The number of anilines is 1. The number of ketones is 1. The molecule has 5 nitrogen and oxygen atoms in total. The Bertz CT molecular complexity index is 569. The Morgan fingerprint density at radius 1 is 1.41 bits per heavy atom. The number of carbonyl (C=O) groups is 2. The number of hydrogen-bond acceptors (Lipinski definition) is 4. The lowest BCUT2D eigenvalue weighted by Gasteiger charge is -2.36. The second kappa shape index (κ2) is 6.92. The van der Waals surface area contributed by atoms with Gasteiger partial charge in [0.2, 0.25) is 5.91 Å². The number of hydrogen-bond donors (Lipinski definition) is 1. The van der Waals surface area contributed by atoms with Crippen LogP contribution in [0.25, 0.3) is 0 Å². The first-order valence-corrected chi connectivity index (χ1v) is 7.76. The molecular weight excluding hydrogens is 280 g/mol. The number of ether oxygens (including phenoxy) is 1. The van der Waals surface area contributed by atoms with Crippen molar-refractivity contribution in [2.24, 2.45) is 11.7 Å². The fourth-order valence-corrected chi connectivity index (χ4v) is 2.53. The van der Waals surface area contributed by atoms with Crippen molar-refractivity contribution in [2.75, 3.05) is 18.0 Å². The molecule has 1 atom stereocenters. The van der Waals surface area contributed by atoms with E-state index in [9.17, 15) is 9.59 Å². The van der Waals surface area contributed by atoms with Crippen LogP contribution in [0.4, 0.5) is 5.69 Å². The van der Waals surface area contributed by atoms with E-state index in [1.54, 1.807) is 23.1 Å². The molecule has 0 aromatic heterocycles. The molecule has 0 bridgehead atoms. The zero-order chi connectivity index (χ0) is 16.3. The molecular formula is C17H24N2O3. The number of nitrogens with two attached hydrogens (primary N) is 1. The van der Waals surface area contributed by atoms with E-state index in [1.165, 1.54) is 6.92 Å². The summed E-state index contributed by atoms with van der Waals surface area (Å²) in [6.45, 7) is 6.68. The second-order valence-electron chi connectivity index (χ2n) is 6.03. The molecule has 5 heteroatoms. The zero-order valence-electron chi connectivity index (χ0n) is 13.5. The maximum Gasteiger partial charge on any atom is 0.224 e. The number of rotatable bonds is 5. The van der Waals surface area contributed by atoms with Crippen molar-refractivity contribution < 1.29 is 14.3 Å². The molecule has 120 valence electrons. The highest BCUT2D eigenvalue weighted by molar-refractivity contribution is 6.00. The van der Waals surface area contributed by atoms with Crippen LogP contribution in [0.3, 0.4) is 0 Å². The van der Waals surface area contributed by atoms with Crippen LogP contribution in [0, 0.1) is 5.92 Å². The van der Waals surface area contributed by atoms with Crippen molar-refractivity contribution in [1.29, 1.82) is 0 Å². The predicted octanol–water partition coefficient (Wildman–Crippen LogP) is 2.38. The molecule has 1 aliphatic rings. The molecule has 0 fully saturated rings. The van der Waals surface area contributed by atoms with Gasteiger partial charge < -0.3 is 15.4 Å². The Hall–Kier alpha value is -1.88. The van der Waals surface area contributed by atoms with Gasteiger partial charge in [-0.2, -0.15) is 0 Å². The molecule has 1 aliphatic heterocycles. The first-order valence-electron chi connectivity index (χ1n) is 7.76. The first kappa shape index (κ1) is 16.5. The van der Waals surface area contributed by atoms with Crippen molar-refractivity contribution in [1.82, 2.24) is 0 Å². The van der Waals surface area contributed by atoms with Gasteiger partial charge in [-0.05, 0) is 37.1 Å². The van der Waals surface area contributed by atoms with Gasteiger partial charge >= 0.3 is 0 Å². The third-order valence-corrected chi connectivity index (χ3v) is 3.94. The summed E-state index contributed by atoms with van der Waals surface area (Å²) in [4.78, 5) is 25.8. The Labute approximate surface area is 131 Å². The number of amides is 1. The third-order valence-electron chi connectivity index (χ3n) is 3.94. The van der Waals surface area contributed by atoms with E-state index >= 15 is 0 Å². The van der Waals surface area contributed by atoms with Gasteiger partial charge in [0, 0.05) is 18.9 Å². The average molecular weight is 304 g/mol. The molecule has 2 rings (SSSR count). The molecule has 0 saturated carbocycles. The number of carbonyl (C=O) groups excluding carboxylic acids is 2. The van der Waals surface area contributed by atoms with Gasteiger partial charge in [-0.3, -0.25) is 9.59 Å². The number of fused-ring (bicyclic) bond motifs is 1. The van der Waals surface area contributed by atoms with Crippen LogP contribution < -0.4 is 15.4 Å². The Balaban J connectivity index is 2.32. The fraction of sp³-hybridized carbons (Fsp3) is 0.529. The summed E-state index contributed by atoms with van der Waals surface area (Å²) in [5.74, 6) is 0.973. The van der Waals surface area contributed by atoms with Crippen LogP contribution in [-0.2, 0) is 4.79 Å². The highest BCUT2D eigenvalue weighted by Gasteiger charge is 2.30. The summed E-state index contributed by atoms with van der Waals surface area (Å²) < 4.78 is 5.96. The normalized spacial score (nSPS) is 17.1. The summed E-state index contributed by atoms with van der Waals surface area (Å²) >= 11 is 0. The predicted molar refractivity (Wildman–Crippen MR) is 86.3 cm³/mol. The molecule has 1 unspecified atom stereocenters. The SMILES string of the molecule is CC(=O)N1CC(C(C)C)Oc2ccc(C(=O)CCCN)cc21. The average Bonchev–Trinajstić information content (AvgIpc) is 2.50. The molecule has 2 N–H and O–H groups in total. The van der Waals surface area contributed by atoms with E-state index in [1.807, 2.05) is 0 Å². The van der Waals surface area contributed by atoms with E-state index in [0.29, 0.717) is 48.8 Å². The van der Waals surface area contributed by atoms with Gasteiger partial charge in [0.1, 0.15) is 11.9 Å². The lowest BCUT2D eigenvalue weighted by molar-refractivity contribution is -0.117. The smallest absolute Gasteiger partial charge is 0.224 e. The van der Waals surface area contributed by atoms with Gasteiger partial charge in [0.05, 0.1) is 12.2 Å². The van der Waals surface area contributed by atoms with Crippen LogP contribution in [0.2, 0.25) is 0 Å². The molecule has 22 heavy (non-hydrogen) atoms. The maximum atomic E-state index is 12.1. The highest BCUT2D eigenvalue weighted by atomic mass is 16.5. The van der Waals surface area contributed by atoms with E-state index < -0.39 is 0 Å². The highest BCUT2D eigenvalue weighted by Crippen LogP contribution is 2.36. The number of nitrogens with zero attached hydrogens (tertiary/aromatic N) is 1. The Morgan fingerprint density at radius 3 is 2.73 bits per heavy atom. The zero-order valence-corrected chi connectivity index (χ0v) is 13.5. The minimum atomic E-state index is -0.0400. The van der Waals surface area contributed by atoms with E-state index in [4.69, 9.17) is 10.5 Å². The van der Waals surface area contributed by atoms with Gasteiger partial charge in [-0.15, -0.1) is 0 Å². The van der Waals surface area contributed by atoms with Gasteiger partial charge in [0.25, 0.3) is 0 Å². The van der Waals surface area contributed by atoms with Gasteiger partial charge in [-0.1, -0.05) is 13.8 Å². The maximum absolute atomic E-state index is 12.1. The van der Waals surface area contributed by atoms with E-state index in [2.05, 4.69) is 13.8 Å². The molecule has 1 aromatic rings. The molecule has 1 aromatic carbocycles. The van der Waals surface area contributed by atoms with Crippen molar-refractivity contribution in [3.8, 4) is 5.75 Å². The summed E-state index contributed by atoms with van der Waals surface area (Å²) in [5, 5.41) is 0. The van der Waals surface area contributed by atoms with Crippen LogP contribution in [0.15, 0.2) is 18.2 Å². The number of Topliss-reactive ketones (excluding diaryl/α,β-unsaturated/α-hetero) is 1. The van der Waals surface area contributed by atoms with E-state index in [-0.39, 0.29) is 17.8 Å². The van der Waals surface area contributed by atoms with Crippen LogP contribution >= 0.6 is 0 Å². The van der Waals surface area contributed by atoms with Crippen molar-refractivity contribution in [2.45, 2.75) is 39.7 Å². The first-order chi connectivity index (χ1) is 10.4. The molecule has 0 aliphatic carbocycles. The second-order valence-corrected chi connectivity index (χ2v) is 6.03. The molecule has 0 radical (unpaired) electrons. The van der Waals surface area contributed by atoms with Crippen molar-refractivity contribution >= 4 is 17.4 Å². The Kier molecular flexibility index (Phi) is 5.19. The van der Waals surface area contributed by atoms with Crippen molar-refractivity contribution in [3.63, 3.8) is 0 Å². The lowest BCUT2D eigenvalue weighted by Crippen LogP contribution is -2.45. The van der Waals surface area contributed by atoms with Gasteiger partial charge in [-0.25, -0.2) is 0 Å². The molecule has 1 heterocycles. The fourth-order valence-electron chi connectivity index (χ4n) is 2.53. The minimum absolute atomic E-state index is 0.0322. The van der Waals surface area contributed by atoms with Crippen LogP contribution in [-0.4, -0.2) is 30.9 Å². The van der Waals surface area contributed by atoms with E-state index in [0.717, 1.165) is 0 Å². The minimum Gasteiger partial charge on any atom is -0.486 e. The van der Waals surface area contributed by atoms with Crippen molar-refractivity contribution in [3.05, 3.63) is 23.8 Å². The summed E-state index contributed by atoms with van der Waals surface area (Å²) in [6, 6.07) is 5.31. The van der Waals surface area contributed by atoms with Crippen LogP contribution in [0.1, 0.15) is 44.0 Å². The molecule has 0 spiro atoms. The molecule has 0 saturated heterocycles. The summed E-state index contributed by atoms with van der Waals surface area (Å²) in [7, 11) is 0. The number of benzene rings is 1. The topological polar surface area (TPSA) is 72.6 Å². The third kappa shape index (κ3) is 3.47. The lowest BCUT2D eigenvalue weighted by atomic mass is 10.0. The summed E-state index contributed by atoms with van der Waals surface area (Å²) in [6.07, 6.45) is 1.05.